The number of carboxylic acid groups (broad SMARTS) is 1. The molecule has 0 unspecified atom stereocenters. The second-order valence-corrected chi connectivity index (χ2v) is 11.1. The van der Waals surface area contributed by atoms with Gasteiger partial charge in [0, 0.05) is 25.5 Å². The number of nitrogens with zero attached hydrogens (tertiary/aromatic N) is 4. The van der Waals surface area contributed by atoms with Crippen LogP contribution in [0.1, 0.15) is 49.5 Å². The third-order valence-electron chi connectivity index (χ3n) is 7.14. The molecule has 2 aromatic heterocycles. The van der Waals surface area contributed by atoms with Crippen molar-refractivity contribution in [2.75, 3.05) is 11.4 Å². The van der Waals surface area contributed by atoms with E-state index in [4.69, 9.17) is 9.72 Å². The van der Waals surface area contributed by atoms with Crippen molar-refractivity contribution in [1.29, 1.82) is 0 Å². The van der Waals surface area contributed by atoms with Crippen molar-refractivity contribution in [3.8, 4) is 11.5 Å². The van der Waals surface area contributed by atoms with Crippen molar-refractivity contribution >= 4 is 39.7 Å². The summed E-state index contributed by atoms with van der Waals surface area (Å²) in [5.41, 5.74) is 3.49. The highest BCUT2D eigenvalue weighted by molar-refractivity contribution is 6.05. The van der Waals surface area contributed by atoms with Crippen LogP contribution in [0.3, 0.4) is 0 Å². The maximum atomic E-state index is 15.0. The lowest BCUT2D eigenvalue weighted by Gasteiger charge is -2.25. The first-order chi connectivity index (χ1) is 17.5. The second kappa shape index (κ2) is 8.06. The molecular formula is C28H29FN4O4. The highest BCUT2D eigenvalue weighted by Gasteiger charge is 2.34. The van der Waals surface area contributed by atoms with Gasteiger partial charge >= 0.3 is 12.1 Å². The van der Waals surface area contributed by atoms with Crippen molar-refractivity contribution in [1.82, 2.24) is 14.1 Å². The zero-order chi connectivity index (χ0) is 26.2. The van der Waals surface area contributed by atoms with E-state index in [0.717, 1.165) is 59.7 Å². The number of aromatic carboxylic acids is 1. The van der Waals surface area contributed by atoms with Crippen LogP contribution < -0.4 is 4.90 Å². The number of hydrogen-bond donors (Lipinski definition) is 1. The van der Waals surface area contributed by atoms with Gasteiger partial charge in [-0.05, 0) is 69.7 Å². The van der Waals surface area contributed by atoms with Crippen molar-refractivity contribution in [2.24, 2.45) is 13.0 Å². The van der Waals surface area contributed by atoms with Crippen LogP contribution in [0.4, 0.5) is 14.9 Å². The highest BCUT2D eigenvalue weighted by atomic mass is 19.1. The molecule has 1 saturated carbocycles. The molecule has 8 nitrogen and oxygen atoms in total. The molecule has 4 aromatic rings. The SMILES string of the molecule is Cn1c(-c2cc3ccc4c(c3n2CC2CC2)N(C(=O)OC(C)(C)C)CC4)nc2cc(C(=O)O)cc(F)c21. The van der Waals surface area contributed by atoms with Gasteiger partial charge in [0.1, 0.15) is 16.9 Å². The molecular weight excluding hydrogens is 475 g/mol. The first-order valence-electron chi connectivity index (χ1n) is 12.6. The molecule has 0 bridgehead atoms. The third-order valence-corrected chi connectivity index (χ3v) is 7.14. The Morgan fingerprint density at radius 1 is 1.16 bits per heavy atom. The molecule has 2 aromatic carbocycles. The molecule has 0 radical (unpaired) electrons. The van der Waals surface area contributed by atoms with Crippen LogP contribution in [0.15, 0.2) is 30.3 Å². The van der Waals surface area contributed by atoms with E-state index in [1.165, 1.54) is 6.07 Å². The van der Waals surface area contributed by atoms with Gasteiger partial charge in [-0.3, -0.25) is 4.90 Å². The Balaban J connectivity index is 1.57. The van der Waals surface area contributed by atoms with Crippen LogP contribution in [0.5, 0.6) is 0 Å². The van der Waals surface area contributed by atoms with Crippen LogP contribution >= 0.6 is 0 Å². The number of amides is 1. The normalized spacial score (nSPS) is 15.5. The van der Waals surface area contributed by atoms with Gasteiger partial charge in [0.05, 0.1) is 28.0 Å². The van der Waals surface area contributed by atoms with Crippen LogP contribution in [-0.2, 0) is 24.8 Å². The fourth-order valence-electron chi connectivity index (χ4n) is 5.31. The number of carbonyl (C=O) groups is 2. The Labute approximate surface area is 213 Å². The smallest absolute Gasteiger partial charge is 0.414 e. The lowest BCUT2D eigenvalue weighted by molar-refractivity contribution is 0.0583. The van der Waals surface area contributed by atoms with Gasteiger partial charge in [-0.1, -0.05) is 12.1 Å². The first kappa shape index (κ1) is 23.5. The molecule has 1 aliphatic heterocycles. The van der Waals surface area contributed by atoms with Gasteiger partial charge in [-0.15, -0.1) is 0 Å². The minimum Gasteiger partial charge on any atom is -0.478 e. The maximum absolute atomic E-state index is 15.0. The van der Waals surface area contributed by atoms with Crippen molar-refractivity contribution < 1.29 is 23.8 Å². The fraction of sp³-hybridized carbons (Fsp3) is 0.393. The van der Waals surface area contributed by atoms with E-state index < -0.39 is 17.4 Å². The van der Waals surface area contributed by atoms with Gasteiger partial charge in [-0.2, -0.15) is 0 Å². The molecule has 192 valence electrons. The predicted octanol–water partition coefficient (Wildman–Crippen LogP) is 5.74. The summed E-state index contributed by atoms with van der Waals surface area (Å²) in [7, 11) is 1.74. The number of rotatable bonds is 4. The molecule has 6 rings (SSSR count). The summed E-state index contributed by atoms with van der Waals surface area (Å²) < 4.78 is 24.6. The summed E-state index contributed by atoms with van der Waals surface area (Å²) in [6.07, 6.45) is 2.63. The lowest BCUT2D eigenvalue weighted by Crippen LogP contribution is -2.36. The monoisotopic (exact) mass is 504 g/mol. The number of hydrogen-bond acceptors (Lipinski definition) is 4. The topological polar surface area (TPSA) is 89.6 Å². The van der Waals surface area contributed by atoms with Gasteiger partial charge in [0.25, 0.3) is 0 Å². The van der Waals surface area contributed by atoms with E-state index in [1.54, 1.807) is 16.5 Å². The van der Waals surface area contributed by atoms with E-state index in [9.17, 15) is 19.1 Å². The predicted molar refractivity (Wildman–Crippen MR) is 139 cm³/mol. The largest absolute Gasteiger partial charge is 0.478 e. The van der Waals surface area contributed by atoms with Crippen molar-refractivity contribution in [2.45, 2.75) is 52.2 Å². The van der Waals surface area contributed by atoms with Crippen LogP contribution in [0.25, 0.3) is 33.5 Å². The number of carboxylic acids is 1. The highest BCUT2D eigenvalue weighted by Crippen LogP contribution is 2.43. The van der Waals surface area contributed by atoms with Gasteiger partial charge in [0.15, 0.2) is 5.82 Å². The van der Waals surface area contributed by atoms with E-state index >= 15 is 0 Å². The van der Waals surface area contributed by atoms with Gasteiger partial charge < -0.3 is 19.0 Å². The molecule has 3 heterocycles. The van der Waals surface area contributed by atoms with E-state index in [-0.39, 0.29) is 17.2 Å². The quantitative estimate of drug-likeness (QED) is 0.383. The molecule has 0 saturated heterocycles. The molecule has 9 heteroatoms. The number of halogens is 1. The number of ether oxygens (including phenoxy) is 1. The van der Waals surface area contributed by atoms with Crippen molar-refractivity contribution in [3.05, 3.63) is 47.3 Å². The molecule has 1 amide bonds. The molecule has 1 fully saturated rings. The standard InChI is InChI=1S/C28H29FN4O4/c1-28(2,3)37-27(36)32-10-9-16-7-8-17-13-21(33(14-15-5-6-15)23(17)22(16)32)25-30-20-12-18(26(34)35)11-19(29)24(20)31(25)4/h7-8,11-13,15H,5-6,9-10,14H2,1-4H3,(H,34,35). The number of fused-ring (bicyclic) bond motifs is 4. The number of benzene rings is 2. The summed E-state index contributed by atoms with van der Waals surface area (Å²) in [6.45, 7) is 6.87. The maximum Gasteiger partial charge on any atom is 0.414 e. The number of aryl methyl sites for hydroxylation is 1. The second-order valence-electron chi connectivity index (χ2n) is 11.1. The van der Waals surface area contributed by atoms with E-state index in [0.29, 0.717) is 23.8 Å². The van der Waals surface area contributed by atoms with Crippen LogP contribution in [0, 0.1) is 11.7 Å². The molecule has 2 aliphatic rings. The van der Waals surface area contributed by atoms with Crippen LogP contribution in [-0.4, -0.2) is 43.4 Å². The first-order valence-corrected chi connectivity index (χ1v) is 12.6. The summed E-state index contributed by atoms with van der Waals surface area (Å²) in [5.74, 6) is -0.762. The molecule has 1 aliphatic carbocycles. The number of anilines is 1. The average molecular weight is 505 g/mol. The van der Waals surface area contributed by atoms with Crippen molar-refractivity contribution in [3.63, 3.8) is 0 Å². The number of aromatic nitrogens is 3. The third kappa shape index (κ3) is 3.93. The van der Waals surface area contributed by atoms with Gasteiger partial charge in [0.2, 0.25) is 0 Å². The summed E-state index contributed by atoms with van der Waals surface area (Å²) in [4.78, 5) is 31.1. The zero-order valence-corrected chi connectivity index (χ0v) is 21.3. The van der Waals surface area contributed by atoms with E-state index in [2.05, 4.69) is 16.7 Å². The zero-order valence-electron chi connectivity index (χ0n) is 21.3. The number of carbonyl (C=O) groups excluding carboxylic acids is 1. The molecule has 37 heavy (non-hydrogen) atoms. The van der Waals surface area contributed by atoms with Gasteiger partial charge in [-0.25, -0.2) is 19.0 Å². The summed E-state index contributed by atoms with van der Waals surface area (Å²) in [5, 5.41) is 10.4. The minimum absolute atomic E-state index is 0.140. The molecule has 0 atom stereocenters. The Hall–Kier alpha value is -3.88. The summed E-state index contributed by atoms with van der Waals surface area (Å²) >= 11 is 0. The Morgan fingerprint density at radius 2 is 1.92 bits per heavy atom. The van der Waals surface area contributed by atoms with Crippen LogP contribution in [0.2, 0.25) is 0 Å². The average Bonchev–Trinajstić information content (AvgIpc) is 3.25. The lowest BCUT2D eigenvalue weighted by atomic mass is 10.1. The molecule has 0 spiro atoms. The van der Waals surface area contributed by atoms with E-state index in [1.807, 2.05) is 26.8 Å². The molecule has 1 N–H and O–H groups in total. The fourth-order valence-corrected chi connectivity index (χ4v) is 5.31. The Morgan fingerprint density at radius 3 is 2.59 bits per heavy atom. The summed E-state index contributed by atoms with van der Waals surface area (Å²) in [6, 6.07) is 8.58. The number of imidazole rings is 1. The minimum atomic E-state index is -1.20. The Kier molecular flexibility index (Phi) is 5.12. The Bertz CT molecular complexity index is 1610.